The Morgan fingerprint density at radius 1 is 0.321 bits per heavy atom. The van der Waals surface area contributed by atoms with Crippen LogP contribution >= 0.6 is 15.8 Å². The summed E-state index contributed by atoms with van der Waals surface area (Å²) in [5.41, 5.74) is 10.7. The topological polar surface area (TPSA) is 0 Å². The third-order valence-electron chi connectivity index (χ3n) is 10.8. The molecule has 0 spiro atoms. The van der Waals surface area contributed by atoms with Crippen molar-refractivity contribution in [3.8, 4) is 0 Å². The van der Waals surface area contributed by atoms with E-state index < -0.39 is 15.8 Å². The highest BCUT2D eigenvalue weighted by molar-refractivity contribution is 7.73. The van der Waals surface area contributed by atoms with E-state index >= 15 is 0 Å². The first-order valence-corrected chi connectivity index (χ1v) is 23.3. The average Bonchev–Trinajstić information content (AvgIpc) is 3.16. The predicted molar refractivity (Wildman–Crippen MR) is 255 cm³/mol. The summed E-state index contributed by atoms with van der Waals surface area (Å²) in [6.07, 6.45) is 28.1. The van der Waals surface area contributed by atoms with Crippen LogP contribution in [0.2, 0.25) is 0 Å². The summed E-state index contributed by atoms with van der Waals surface area (Å²) in [6, 6.07) is 29.2. The molecule has 0 amide bonds. The zero-order valence-electron chi connectivity index (χ0n) is 33.7. The molecule has 2 atom stereocenters. The minimum Gasteiger partial charge on any atom is -0.103 e. The summed E-state index contributed by atoms with van der Waals surface area (Å²) in [5.74, 6) is 1.30. The van der Waals surface area contributed by atoms with Crippen LogP contribution in [-0.2, 0) is 51.4 Å². The first-order chi connectivity index (χ1) is 27.3. The van der Waals surface area contributed by atoms with E-state index in [1.54, 1.807) is 0 Å². The van der Waals surface area contributed by atoms with Crippen molar-refractivity contribution in [2.24, 2.45) is 11.8 Å². The summed E-state index contributed by atoms with van der Waals surface area (Å²) in [4.78, 5) is 0. The minimum atomic E-state index is -0.627. The molecule has 2 unspecified atom stereocenters. The molecule has 2 heteroatoms. The van der Waals surface area contributed by atoms with Gasteiger partial charge in [-0.3, -0.25) is 0 Å². The lowest BCUT2D eigenvalue weighted by Crippen LogP contribution is -2.35. The second-order valence-corrected chi connectivity index (χ2v) is 19.8. The van der Waals surface area contributed by atoms with Crippen LogP contribution in [0.4, 0.5) is 0 Å². The fourth-order valence-electron chi connectivity index (χ4n) is 8.18. The molecule has 0 aromatic heterocycles. The molecule has 5 rings (SSSR count). The second-order valence-electron chi connectivity index (χ2n) is 15.3. The first kappa shape index (κ1) is 42.8. The molecule has 56 heavy (non-hydrogen) atoms. The van der Waals surface area contributed by atoms with Crippen LogP contribution in [-0.4, -0.2) is 12.3 Å². The van der Waals surface area contributed by atoms with E-state index in [2.05, 4.69) is 125 Å². The van der Waals surface area contributed by atoms with E-state index in [9.17, 15) is 0 Å². The SMILES string of the molecule is C=CCc1cc(CC=C)cc(P(CC2CCC2CP(c2cc(CC=C)cc(CC=C)c2)c2cc(CC=C)cc(CC=C)c2)c2cc(CC=C)cc(CC=C)c2)c1. The van der Waals surface area contributed by atoms with Crippen LogP contribution in [0.5, 0.6) is 0 Å². The van der Waals surface area contributed by atoms with Gasteiger partial charge in [-0.25, -0.2) is 0 Å². The summed E-state index contributed by atoms with van der Waals surface area (Å²) in [7, 11) is -1.25. The quantitative estimate of drug-likeness (QED) is 0.0491. The maximum atomic E-state index is 4.10. The lowest BCUT2D eigenvalue weighted by molar-refractivity contribution is 0.228. The normalized spacial score (nSPS) is 14.8. The van der Waals surface area contributed by atoms with Crippen molar-refractivity contribution in [1.82, 2.24) is 0 Å². The Labute approximate surface area is 342 Å². The van der Waals surface area contributed by atoms with Gasteiger partial charge in [-0.05, 0) is 170 Å². The molecule has 0 bridgehead atoms. The molecule has 0 heterocycles. The summed E-state index contributed by atoms with van der Waals surface area (Å²) < 4.78 is 0. The van der Waals surface area contributed by atoms with Gasteiger partial charge in [0.05, 0.1) is 0 Å². The fourth-order valence-corrected chi connectivity index (χ4v) is 14.1. The Hall–Kier alpha value is -4.34. The van der Waals surface area contributed by atoms with E-state index in [1.165, 1.54) is 90.9 Å². The maximum Gasteiger partial charge on any atom is -0.00998 e. The van der Waals surface area contributed by atoms with E-state index in [0.29, 0.717) is 11.8 Å². The van der Waals surface area contributed by atoms with Gasteiger partial charge >= 0.3 is 0 Å². The fraction of sp³-hybridized carbons (Fsp3) is 0.259. The van der Waals surface area contributed by atoms with Gasteiger partial charge in [-0.2, -0.15) is 0 Å². The van der Waals surface area contributed by atoms with Gasteiger partial charge in [-0.15, -0.1) is 52.6 Å². The second kappa shape index (κ2) is 21.8. The third kappa shape index (κ3) is 11.6. The number of rotatable bonds is 24. The van der Waals surface area contributed by atoms with Crippen molar-refractivity contribution in [1.29, 1.82) is 0 Å². The van der Waals surface area contributed by atoms with Crippen molar-refractivity contribution in [2.75, 3.05) is 12.3 Å². The Kier molecular flexibility index (Phi) is 16.7. The van der Waals surface area contributed by atoms with Crippen LogP contribution in [0.25, 0.3) is 0 Å². The van der Waals surface area contributed by atoms with Crippen molar-refractivity contribution >= 4 is 37.1 Å². The van der Waals surface area contributed by atoms with Gasteiger partial charge in [0.15, 0.2) is 0 Å². The van der Waals surface area contributed by atoms with Crippen LogP contribution in [0.3, 0.4) is 0 Å². The molecule has 0 radical (unpaired) electrons. The zero-order valence-corrected chi connectivity index (χ0v) is 35.5. The van der Waals surface area contributed by atoms with Crippen LogP contribution < -0.4 is 21.2 Å². The summed E-state index contributed by atoms with van der Waals surface area (Å²) >= 11 is 0. The highest BCUT2D eigenvalue weighted by atomic mass is 31.1. The molecule has 0 aliphatic heterocycles. The number of benzene rings is 4. The van der Waals surface area contributed by atoms with Crippen LogP contribution in [0.1, 0.15) is 57.3 Å². The zero-order chi connectivity index (χ0) is 39.9. The Balaban J connectivity index is 1.60. The molecule has 1 fully saturated rings. The molecule has 4 aromatic rings. The van der Waals surface area contributed by atoms with E-state index in [1.807, 2.05) is 48.6 Å². The average molecular weight is 773 g/mol. The minimum absolute atomic E-state index is 0.627. The predicted octanol–water partition coefficient (Wildman–Crippen LogP) is 12.1. The van der Waals surface area contributed by atoms with Crippen LogP contribution in [0.15, 0.2) is 174 Å². The van der Waals surface area contributed by atoms with E-state index in [-0.39, 0.29) is 0 Å². The molecule has 4 aromatic carbocycles. The molecule has 1 aliphatic carbocycles. The highest BCUT2D eigenvalue weighted by Gasteiger charge is 2.36. The van der Waals surface area contributed by atoms with Gasteiger partial charge in [0, 0.05) is 0 Å². The van der Waals surface area contributed by atoms with E-state index in [0.717, 1.165) is 51.4 Å². The molecule has 0 nitrogen and oxygen atoms in total. The highest BCUT2D eigenvalue weighted by Crippen LogP contribution is 2.50. The van der Waals surface area contributed by atoms with Gasteiger partial charge in [0.25, 0.3) is 0 Å². The maximum absolute atomic E-state index is 4.10. The lowest BCUT2D eigenvalue weighted by Gasteiger charge is -2.41. The molecule has 0 saturated heterocycles. The molecule has 1 saturated carbocycles. The van der Waals surface area contributed by atoms with Gasteiger partial charge in [0.2, 0.25) is 0 Å². The monoisotopic (exact) mass is 772 g/mol. The Morgan fingerprint density at radius 2 is 0.500 bits per heavy atom. The molecule has 1 aliphatic rings. The van der Waals surface area contributed by atoms with Gasteiger partial charge in [0.1, 0.15) is 0 Å². The molecule has 0 N–H and O–H groups in total. The Bertz CT molecular complexity index is 1650. The number of allylic oxidation sites excluding steroid dienone is 8. The van der Waals surface area contributed by atoms with Gasteiger partial charge < -0.3 is 0 Å². The Morgan fingerprint density at radius 3 is 0.643 bits per heavy atom. The van der Waals surface area contributed by atoms with Crippen molar-refractivity contribution in [2.45, 2.75) is 64.2 Å². The standard InChI is InChI=1S/C54H62P2/c1-9-17-41-27-42(18-10-2)32-51(31-41)55(52-33-43(19-11-3)28-44(34-52)20-12-4)39-49-25-26-50(49)40-56(53-35-45(21-13-5)29-46(36-53)22-14-6)54-37-47(23-15-7)30-48(38-54)24-16-8/h9-16,27-38,49-50H,1-8,17-26,39-40H2. The van der Waals surface area contributed by atoms with Gasteiger partial charge in [-0.1, -0.05) is 121 Å². The summed E-state index contributed by atoms with van der Waals surface area (Å²) in [5, 5.41) is 5.90. The van der Waals surface area contributed by atoms with E-state index in [4.69, 9.17) is 0 Å². The van der Waals surface area contributed by atoms with Crippen LogP contribution in [0, 0.1) is 11.8 Å². The molecular weight excluding hydrogens is 711 g/mol. The van der Waals surface area contributed by atoms with Crippen molar-refractivity contribution in [3.05, 3.63) is 219 Å². The smallest absolute Gasteiger partial charge is 0.00998 e. The van der Waals surface area contributed by atoms with Crippen molar-refractivity contribution in [3.63, 3.8) is 0 Å². The third-order valence-corrected chi connectivity index (χ3v) is 16.0. The molecular formula is C54H62P2. The lowest BCUT2D eigenvalue weighted by atomic mass is 9.76. The molecule has 288 valence electrons. The number of hydrogen-bond acceptors (Lipinski definition) is 0. The summed E-state index contributed by atoms with van der Waals surface area (Å²) in [6.45, 7) is 32.8. The number of hydrogen-bond donors (Lipinski definition) is 0. The largest absolute Gasteiger partial charge is 0.103 e. The first-order valence-electron chi connectivity index (χ1n) is 20.3. The van der Waals surface area contributed by atoms with Crippen molar-refractivity contribution < 1.29 is 0 Å².